The fourth-order valence-corrected chi connectivity index (χ4v) is 3.06. The Hall–Kier alpha value is -2.89. The number of nitrogens with zero attached hydrogens (tertiary/aromatic N) is 4. The molecule has 1 atom stereocenters. The minimum absolute atomic E-state index is 0.0529. The Morgan fingerprint density at radius 2 is 2.08 bits per heavy atom. The Kier molecular flexibility index (Phi) is 3.65. The van der Waals surface area contributed by atoms with E-state index in [2.05, 4.69) is 22.2 Å². The van der Waals surface area contributed by atoms with Crippen LogP contribution in [0.25, 0.3) is 5.65 Å². The van der Waals surface area contributed by atoms with Crippen LogP contribution in [0.5, 0.6) is 5.75 Å². The molecule has 0 saturated carbocycles. The summed E-state index contributed by atoms with van der Waals surface area (Å²) in [5, 5.41) is 4.09. The van der Waals surface area contributed by atoms with Gasteiger partial charge in [0.05, 0.1) is 12.7 Å². The largest absolute Gasteiger partial charge is 0.497 e. The summed E-state index contributed by atoms with van der Waals surface area (Å²) in [6.07, 6.45) is 5.12. The third-order valence-corrected chi connectivity index (χ3v) is 4.56. The van der Waals surface area contributed by atoms with E-state index < -0.39 is 0 Å². The number of likely N-dealkylation sites (tertiary alicyclic amines) is 1. The second-order valence-corrected chi connectivity index (χ2v) is 5.97. The molecule has 4 rings (SSSR count). The summed E-state index contributed by atoms with van der Waals surface area (Å²) in [7, 11) is 1.66. The van der Waals surface area contributed by atoms with E-state index in [0.717, 1.165) is 30.8 Å². The lowest BCUT2D eigenvalue weighted by Crippen LogP contribution is -2.52. The fraction of sp³-hybridized carbons (Fsp3) is 0.278. The first-order valence-electron chi connectivity index (χ1n) is 7.98. The van der Waals surface area contributed by atoms with Crippen molar-refractivity contribution in [3.63, 3.8) is 0 Å². The van der Waals surface area contributed by atoms with Gasteiger partial charge in [0.25, 0.3) is 5.91 Å². The van der Waals surface area contributed by atoms with Gasteiger partial charge in [-0.25, -0.2) is 9.50 Å². The maximum Gasteiger partial charge on any atom is 0.255 e. The number of hydrogen-bond acceptors (Lipinski definition) is 4. The monoisotopic (exact) mass is 322 g/mol. The maximum absolute atomic E-state index is 12.7. The van der Waals surface area contributed by atoms with Crippen LogP contribution in [0.15, 0.2) is 48.9 Å². The van der Waals surface area contributed by atoms with Crippen molar-refractivity contribution in [1.29, 1.82) is 0 Å². The van der Waals surface area contributed by atoms with E-state index in [0.29, 0.717) is 5.56 Å². The van der Waals surface area contributed by atoms with Gasteiger partial charge in [0.15, 0.2) is 5.65 Å². The van der Waals surface area contributed by atoms with Gasteiger partial charge in [-0.2, -0.15) is 5.10 Å². The van der Waals surface area contributed by atoms with Gasteiger partial charge in [0, 0.05) is 18.8 Å². The Morgan fingerprint density at radius 3 is 2.79 bits per heavy atom. The molecule has 1 saturated heterocycles. The van der Waals surface area contributed by atoms with Crippen molar-refractivity contribution in [1.82, 2.24) is 19.5 Å². The number of pyridine rings is 1. The number of rotatable bonds is 4. The Morgan fingerprint density at radius 1 is 1.25 bits per heavy atom. The first-order chi connectivity index (χ1) is 11.7. The highest BCUT2D eigenvalue weighted by molar-refractivity contribution is 5.95. The number of fused-ring (bicyclic) bond motifs is 1. The molecule has 1 fully saturated rings. The minimum Gasteiger partial charge on any atom is -0.497 e. The predicted molar refractivity (Wildman–Crippen MR) is 89.1 cm³/mol. The molecule has 0 bridgehead atoms. The number of aromatic nitrogens is 3. The normalized spacial score (nSPS) is 16.9. The van der Waals surface area contributed by atoms with Gasteiger partial charge in [-0.05, 0) is 42.7 Å². The van der Waals surface area contributed by atoms with E-state index in [9.17, 15) is 4.79 Å². The molecule has 3 aromatic rings. The molecule has 0 N–H and O–H groups in total. The zero-order chi connectivity index (χ0) is 16.5. The van der Waals surface area contributed by atoms with E-state index in [-0.39, 0.29) is 11.9 Å². The first kappa shape index (κ1) is 14.7. The molecule has 3 heterocycles. The van der Waals surface area contributed by atoms with Gasteiger partial charge in [-0.1, -0.05) is 12.1 Å². The summed E-state index contributed by atoms with van der Waals surface area (Å²) in [5.74, 6) is 0.901. The average molecular weight is 322 g/mol. The van der Waals surface area contributed by atoms with Crippen LogP contribution in [0.2, 0.25) is 0 Å². The number of amides is 1. The molecule has 6 heteroatoms. The molecule has 1 amide bonds. The average Bonchev–Trinajstić information content (AvgIpc) is 3.06. The van der Waals surface area contributed by atoms with E-state index in [1.54, 1.807) is 17.8 Å². The highest BCUT2D eigenvalue weighted by atomic mass is 16.5. The molecule has 0 aliphatic carbocycles. The molecular weight excluding hydrogens is 304 g/mol. The van der Waals surface area contributed by atoms with Gasteiger partial charge in [0.1, 0.15) is 12.1 Å². The molecule has 2 aromatic heterocycles. The van der Waals surface area contributed by atoms with Crippen LogP contribution in [0, 0.1) is 0 Å². The predicted octanol–water partition coefficient (Wildman–Crippen LogP) is 2.20. The maximum atomic E-state index is 12.7. The smallest absolute Gasteiger partial charge is 0.255 e. The van der Waals surface area contributed by atoms with Crippen LogP contribution in [-0.4, -0.2) is 45.1 Å². The Balaban J connectivity index is 1.48. The summed E-state index contributed by atoms with van der Waals surface area (Å²) in [5.41, 5.74) is 2.60. The van der Waals surface area contributed by atoms with Crippen LogP contribution in [-0.2, 0) is 6.42 Å². The minimum atomic E-state index is 0.0529. The molecule has 1 aromatic carbocycles. The van der Waals surface area contributed by atoms with Gasteiger partial charge >= 0.3 is 0 Å². The lowest BCUT2D eigenvalue weighted by molar-refractivity contribution is 0.0464. The lowest BCUT2D eigenvalue weighted by atomic mass is 9.94. The number of carbonyl (C=O) groups is 1. The van der Waals surface area contributed by atoms with Crippen molar-refractivity contribution in [2.24, 2.45) is 0 Å². The summed E-state index contributed by atoms with van der Waals surface area (Å²) in [6, 6.07) is 11.9. The third kappa shape index (κ3) is 2.60. The van der Waals surface area contributed by atoms with E-state index in [1.165, 1.54) is 11.9 Å². The highest BCUT2D eigenvalue weighted by Crippen LogP contribution is 2.25. The Labute approximate surface area is 139 Å². The quantitative estimate of drug-likeness (QED) is 0.739. The summed E-state index contributed by atoms with van der Waals surface area (Å²) in [6.45, 7) is 0.801. The van der Waals surface area contributed by atoms with Crippen molar-refractivity contribution in [2.45, 2.75) is 18.9 Å². The van der Waals surface area contributed by atoms with Crippen molar-refractivity contribution in [3.05, 3.63) is 60.0 Å². The summed E-state index contributed by atoms with van der Waals surface area (Å²) < 4.78 is 6.81. The highest BCUT2D eigenvalue weighted by Gasteiger charge is 2.32. The second-order valence-electron chi connectivity index (χ2n) is 5.97. The number of methoxy groups -OCH3 is 1. The molecule has 6 nitrogen and oxygen atoms in total. The van der Waals surface area contributed by atoms with E-state index >= 15 is 0 Å². The van der Waals surface area contributed by atoms with Crippen LogP contribution in [0.1, 0.15) is 22.3 Å². The van der Waals surface area contributed by atoms with Gasteiger partial charge < -0.3 is 9.64 Å². The lowest BCUT2D eigenvalue weighted by Gasteiger charge is -2.41. The van der Waals surface area contributed by atoms with Crippen molar-refractivity contribution in [3.8, 4) is 5.75 Å². The number of carbonyl (C=O) groups excluding carboxylic acids is 1. The van der Waals surface area contributed by atoms with Gasteiger partial charge in [-0.3, -0.25) is 4.79 Å². The summed E-state index contributed by atoms with van der Waals surface area (Å²) in [4.78, 5) is 18.8. The van der Waals surface area contributed by atoms with Gasteiger partial charge in [-0.15, -0.1) is 0 Å². The second kappa shape index (κ2) is 5.96. The zero-order valence-corrected chi connectivity index (χ0v) is 13.4. The SMILES string of the molecule is COc1ccc(CC2CCN2C(=O)c2ccc3ncnn3c2)cc1. The third-order valence-electron chi connectivity index (χ3n) is 4.56. The molecule has 0 spiro atoms. The number of benzene rings is 1. The number of hydrogen-bond donors (Lipinski definition) is 0. The molecule has 24 heavy (non-hydrogen) atoms. The van der Waals surface area contributed by atoms with Gasteiger partial charge in [0.2, 0.25) is 0 Å². The molecule has 1 aliphatic rings. The van der Waals surface area contributed by atoms with Crippen molar-refractivity contribution in [2.75, 3.05) is 13.7 Å². The van der Waals surface area contributed by atoms with Crippen LogP contribution < -0.4 is 4.74 Å². The number of ether oxygens (including phenoxy) is 1. The van der Waals surface area contributed by atoms with Crippen LogP contribution in [0.3, 0.4) is 0 Å². The van der Waals surface area contributed by atoms with E-state index in [4.69, 9.17) is 4.74 Å². The molecular formula is C18H18N4O2. The van der Waals surface area contributed by atoms with Crippen molar-refractivity contribution < 1.29 is 9.53 Å². The fourth-order valence-electron chi connectivity index (χ4n) is 3.06. The molecule has 122 valence electrons. The zero-order valence-electron chi connectivity index (χ0n) is 13.4. The summed E-state index contributed by atoms with van der Waals surface area (Å²) >= 11 is 0. The van der Waals surface area contributed by atoms with E-state index in [1.807, 2.05) is 29.2 Å². The first-order valence-corrected chi connectivity index (χ1v) is 7.98. The standard InChI is InChI=1S/C18H18N4O2/c1-24-16-5-2-13(3-6-16)10-15-8-9-21(15)18(23)14-4-7-17-19-12-20-22(17)11-14/h2-7,11-12,15H,8-10H2,1H3. The Bertz CT molecular complexity index is 872. The van der Waals surface area contributed by atoms with Crippen molar-refractivity contribution >= 4 is 11.6 Å². The molecule has 0 radical (unpaired) electrons. The topological polar surface area (TPSA) is 59.7 Å². The molecule has 1 unspecified atom stereocenters. The van der Waals surface area contributed by atoms with Crippen LogP contribution in [0.4, 0.5) is 0 Å². The van der Waals surface area contributed by atoms with Crippen LogP contribution >= 0.6 is 0 Å². The molecule has 1 aliphatic heterocycles.